The molecule has 1 aliphatic rings. The van der Waals surface area contributed by atoms with Crippen LogP contribution in [0.1, 0.15) is 41.6 Å². The van der Waals surface area contributed by atoms with Crippen molar-refractivity contribution in [3.05, 3.63) is 34.3 Å². The van der Waals surface area contributed by atoms with Gasteiger partial charge in [0.1, 0.15) is 0 Å². The second-order valence-corrected chi connectivity index (χ2v) is 5.51. The van der Waals surface area contributed by atoms with Gasteiger partial charge in [0.25, 0.3) is 5.91 Å². The number of hydrogen-bond acceptors (Lipinski definition) is 2. The third-order valence-corrected chi connectivity index (χ3v) is 3.78. The van der Waals surface area contributed by atoms with Crippen molar-refractivity contribution in [1.82, 2.24) is 5.32 Å². The number of aliphatic hydroxyl groups is 1. The van der Waals surface area contributed by atoms with Crippen LogP contribution in [0.3, 0.4) is 0 Å². The van der Waals surface area contributed by atoms with Gasteiger partial charge in [-0.1, -0.05) is 24.4 Å². The second kappa shape index (κ2) is 5.29. The van der Waals surface area contributed by atoms with Crippen molar-refractivity contribution in [3.63, 3.8) is 0 Å². The molecule has 0 aliphatic heterocycles. The van der Waals surface area contributed by atoms with Gasteiger partial charge in [-0.2, -0.15) is 0 Å². The zero-order valence-electron chi connectivity index (χ0n) is 10.5. The minimum Gasteiger partial charge on any atom is -0.388 e. The molecule has 2 N–H and O–H groups in total. The molecule has 1 aromatic rings. The number of benzene rings is 1. The van der Waals surface area contributed by atoms with Crippen molar-refractivity contribution in [1.29, 1.82) is 0 Å². The van der Waals surface area contributed by atoms with Gasteiger partial charge in [0.15, 0.2) is 0 Å². The van der Waals surface area contributed by atoms with Crippen molar-refractivity contribution < 1.29 is 9.90 Å². The summed E-state index contributed by atoms with van der Waals surface area (Å²) in [5.41, 5.74) is 0.745. The van der Waals surface area contributed by atoms with Gasteiger partial charge in [0.05, 0.1) is 5.60 Å². The minimum absolute atomic E-state index is 0.149. The number of carbonyl (C=O) groups is 1. The molecule has 1 fully saturated rings. The zero-order chi connectivity index (χ0) is 13.2. The fourth-order valence-corrected chi connectivity index (χ4v) is 2.66. The Kier molecular flexibility index (Phi) is 3.93. The highest BCUT2D eigenvalue weighted by atomic mass is 35.5. The molecule has 18 heavy (non-hydrogen) atoms. The summed E-state index contributed by atoms with van der Waals surface area (Å²) in [5, 5.41) is 13.6. The predicted molar refractivity (Wildman–Crippen MR) is 71.9 cm³/mol. The summed E-state index contributed by atoms with van der Waals surface area (Å²) in [6.45, 7) is 2.18. The van der Waals surface area contributed by atoms with Crippen LogP contribution >= 0.6 is 11.6 Å². The van der Waals surface area contributed by atoms with Crippen LogP contribution in [0.2, 0.25) is 5.02 Å². The first-order chi connectivity index (χ1) is 8.50. The third kappa shape index (κ3) is 3.03. The molecular weight excluding hydrogens is 250 g/mol. The molecule has 0 atom stereocenters. The van der Waals surface area contributed by atoms with E-state index in [2.05, 4.69) is 5.32 Å². The summed E-state index contributed by atoms with van der Waals surface area (Å²) in [7, 11) is 0. The Morgan fingerprint density at radius 2 is 2.11 bits per heavy atom. The molecule has 0 spiro atoms. The molecule has 0 heterocycles. The number of rotatable bonds is 3. The molecule has 1 amide bonds. The van der Waals surface area contributed by atoms with Gasteiger partial charge in [-0.3, -0.25) is 4.79 Å². The Bertz CT molecular complexity index is 453. The lowest BCUT2D eigenvalue weighted by Gasteiger charge is -2.22. The average Bonchev–Trinajstić information content (AvgIpc) is 2.74. The first-order valence-corrected chi connectivity index (χ1v) is 6.65. The normalized spacial score (nSPS) is 17.7. The maximum absolute atomic E-state index is 12.0. The monoisotopic (exact) mass is 267 g/mol. The molecule has 3 nitrogen and oxygen atoms in total. The molecule has 0 radical (unpaired) electrons. The standard InChI is InChI=1S/C14H18ClNO2/c1-10-8-11(15)4-5-12(10)13(17)16-9-14(18)6-2-3-7-14/h4-5,8,18H,2-3,6-7,9H2,1H3,(H,16,17). The van der Waals surface area contributed by atoms with Crippen LogP contribution in [-0.4, -0.2) is 23.2 Å². The number of carbonyl (C=O) groups excluding carboxylic acids is 1. The lowest BCUT2D eigenvalue weighted by Crippen LogP contribution is -2.40. The zero-order valence-corrected chi connectivity index (χ0v) is 11.3. The van der Waals surface area contributed by atoms with Gasteiger partial charge in [-0.05, 0) is 43.5 Å². The summed E-state index contributed by atoms with van der Waals surface area (Å²) in [6.07, 6.45) is 3.61. The van der Waals surface area contributed by atoms with Crippen LogP contribution in [0.15, 0.2) is 18.2 Å². The lowest BCUT2D eigenvalue weighted by atomic mass is 10.0. The summed E-state index contributed by atoms with van der Waals surface area (Å²) < 4.78 is 0. The van der Waals surface area contributed by atoms with E-state index in [9.17, 15) is 9.90 Å². The van der Waals surface area contributed by atoms with E-state index in [0.29, 0.717) is 17.1 Å². The average molecular weight is 268 g/mol. The largest absolute Gasteiger partial charge is 0.388 e. The number of amides is 1. The Morgan fingerprint density at radius 3 is 2.72 bits per heavy atom. The van der Waals surface area contributed by atoms with E-state index in [-0.39, 0.29) is 5.91 Å². The molecule has 1 saturated carbocycles. The number of halogens is 1. The van der Waals surface area contributed by atoms with Crippen LogP contribution < -0.4 is 5.32 Å². The molecule has 4 heteroatoms. The van der Waals surface area contributed by atoms with E-state index in [1.54, 1.807) is 18.2 Å². The highest BCUT2D eigenvalue weighted by molar-refractivity contribution is 6.30. The van der Waals surface area contributed by atoms with E-state index in [1.165, 1.54) is 0 Å². The Morgan fingerprint density at radius 1 is 1.44 bits per heavy atom. The van der Waals surface area contributed by atoms with Crippen LogP contribution in [0.25, 0.3) is 0 Å². The number of aryl methyl sites for hydroxylation is 1. The predicted octanol–water partition coefficient (Wildman–Crippen LogP) is 2.68. The second-order valence-electron chi connectivity index (χ2n) is 5.07. The molecule has 0 bridgehead atoms. The maximum atomic E-state index is 12.0. The van der Waals surface area contributed by atoms with E-state index in [0.717, 1.165) is 31.2 Å². The number of nitrogens with one attached hydrogen (secondary N) is 1. The van der Waals surface area contributed by atoms with Crippen LogP contribution in [-0.2, 0) is 0 Å². The van der Waals surface area contributed by atoms with E-state index < -0.39 is 5.60 Å². The first-order valence-electron chi connectivity index (χ1n) is 6.27. The highest BCUT2D eigenvalue weighted by Crippen LogP contribution is 2.28. The summed E-state index contributed by atoms with van der Waals surface area (Å²) in [5.74, 6) is -0.149. The molecule has 98 valence electrons. The smallest absolute Gasteiger partial charge is 0.251 e. The minimum atomic E-state index is -0.712. The van der Waals surface area contributed by atoms with Crippen LogP contribution in [0.5, 0.6) is 0 Å². The molecule has 2 rings (SSSR count). The summed E-state index contributed by atoms with van der Waals surface area (Å²) in [6, 6.07) is 5.18. The lowest BCUT2D eigenvalue weighted by molar-refractivity contribution is 0.0449. The Labute approximate surface area is 112 Å². The SMILES string of the molecule is Cc1cc(Cl)ccc1C(=O)NCC1(O)CCCC1. The fourth-order valence-electron chi connectivity index (χ4n) is 2.43. The summed E-state index contributed by atoms with van der Waals surface area (Å²) in [4.78, 5) is 12.0. The molecule has 0 saturated heterocycles. The highest BCUT2D eigenvalue weighted by Gasteiger charge is 2.31. The Balaban J connectivity index is 1.99. The molecule has 0 aromatic heterocycles. The van der Waals surface area contributed by atoms with Crippen LogP contribution in [0, 0.1) is 6.92 Å². The Hall–Kier alpha value is -1.06. The number of hydrogen-bond donors (Lipinski definition) is 2. The summed E-state index contributed by atoms with van der Waals surface area (Å²) >= 11 is 5.85. The molecular formula is C14H18ClNO2. The third-order valence-electron chi connectivity index (χ3n) is 3.55. The van der Waals surface area contributed by atoms with E-state index in [4.69, 9.17) is 11.6 Å². The fraction of sp³-hybridized carbons (Fsp3) is 0.500. The van der Waals surface area contributed by atoms with Gasteiger partial charge in [-0.25, -0.2) is 0 Å². The van der Waals surface area contributed by atoms with Gasteiger partial charge in [-0.15, -0.1) is 0 Å². The topological polar surface area (TPSA) is 49.3 Å². The quantitative estimate of drug-likeness (QED) is 0.885. The van der Waals surface area contributed by atoms with Crippen molar-refractivity contribution >= 4 is 17.5 Å². The van der Waals surface area contributed by atoms with Crippen molar-refractivity contribution in [2.45, 2.75) is 38.2 Å². The van der Waals surface area contributed by atoms with Crippen molar-refractivity contribution in [2.75, 3.05) is 6.54 Å². The van der Waals surface area contributed by atoms with Gasteiger partial charge < -0.3 is 10.4 Å². The van der Waals surface area contributed by atoms with Gasteiger partial charge in [0, 0.05) is 17.1 Å². The van der Waals surface area contributed by atoms with Crippen LogP contribution in [0.4, 0.5) is 0 Å². The van der Waals surface area contributed by atoms with E-state index in [1.807, 2.05) is 6.92 Å². The molecule has 0 unspecified atom stereocenters. The van der Waals surface area contributed by atoms with Crippen molar-refractivity contribution in [2.24, 2.45) is 0 Å². The van der Waals surface area contributed by atoms with Gasteiger partial charge >= 0.3 is 0 Å². The van der Waals surface area contributed by atoms with Crippen molar-refractivity contribution in [3.8, 4) is 0 Å². The van der Waals surface area contributed by atoms with Gasteiger partial charge in [0.2, 0.25) is 0 Å². The van der Waals surface area contributed by atoms with E-state index >= 15 is 0 Å². The maximum Gasteiger partial charge on any atom is 0.251 e. The molecule has 1 aliphatic carbocycles. The first kappa shape index (κ1) is 13.4. The molecule has 1 aromatic carbocycles.